The topological polar surface area (TPSA) is 102 Å². The quantitative estimate of drug-likeness (QED) is 0.337. The van der Waals surface area contributed by atoms with E-state index in [4.69, 9.17) is 4.74 Å². The van der Waals surface area contributed by atoms with Gasteiger partial charge in [0.2, 0.25) is 0 Å². The number of nitrogens with one attached hydrogen (secondary N) is 2. The lowest BCUT2D eigenvalue weighted by Crippen LogP contribution is -2.15. The number of anilines is 2. The van der Waals surface area contributed by atoms with Crippen LogP contribution in [0.15, 0.2) is 79.4 Å². The predicted octanol–water partition coefficient (Wildman–Crippen LogP) is 3.81. The number of aryl methyl sites for hydroxylation is 1. The van der Waals surface area contributed by atoms with Crippen molar-refractivity contribution in [2.45, 2.75) is 0 Å². The number of nitrogens with zero attached hydrogens (tertiary/aromatic N) is 2. The van der Waals surface area contributed by atoms with Crippen LogP contribution >= 0.6 is 0 Å². The van der Waals surface area contributed by atoms with Crippen LogP contribution in [0, 0.1) is 0 Å². The summed E-state index contributed by atoms with van der Waals surface area (Å²) in [4.78, 5) is 36.2. The standard InChI is InChI=1S/C24H22N4O4/c1-5-15(2)22(29)25-19-11-9-16(10-12-19)20-14-21(28(3)27-20)26-23(30)17-7-6-8-18(13-17)24(31)32-4/h5-14H,1-2H2,3-4H3,(H,25,29)(H,26,30). The monoisotopic (exact) mass is 430 g/mol. The van der Waals surface area contributed by atoms with E-state index in [1.807, 2.05) is 0 Å². The molecule has 2 amide bonds. The zero-order valence-electron chi connectivity index (χ0n) is 17.7. The molecule has 162 valence electrons. The summed E-state index contributed by atoms with van der Waals surface area (Å²) in [5, 5.41) is 9.95. The molecule has 0 bridgehead atoms. The molecule has 3 rings (SSSR count). The second-order valence-electron chi connectivity index (χ2n) is 6.83. The van der Waals surface area contributed by atoms with Crippen molar-refractivity contribution in [2.24, 2.45) is 7.05 Å². The first-order valence-corrected chi connectivity index (χ1v) is 9.59. The Morgan fingerprint density at radius 2 is 1.72 bits per heavy atom. The fraction of sp³-hybridized carbons (Fsp3) is 0.0833. The van der Waals surface area contributed by atoms with Gasteiger partial charge in [0.05, 0.1) is 18.4 Å². The molecule has 0 aliphatic rings. The summed E-state index contributed by atoms with van der Waals surface area (Å²) >= 11 is 0. The van der Waals surface area contributed by atoms with Crippen molar-refractivity contribution in [3.63, 3.8) is 0 Å². The van der Waals surface area contributed by atoms with Gasteiger partial charge in [-0.25, -0.2) is 4.79 Å². The van der Waals surface area contributed by atoms with Crippen molar-refractivity contribution < 1.29 is 19.1 Å². The van der Waals surface area contributed by atoms with E-state index >= 15 is 0 Å². The SMILES string of the molecule is C=CC(=C)C(=O)Nc1ccc(-c2cc(NC(=O)c3cccc(C(=O)OC)c3)n(C)n2)cc1. The average Bonchev–Trinajstić information content (AvgIpc) is 3.18. The number of benzene rings is 2. The highest BCUT2D eigenvalue weighted by Crippen LogP contribution is 2.24. The number of aromatic nitrogens is 2. The van der Waals surface area contributed by atoms with Gasteiger partial charge < -0.3 is 15.4 Å². The predicted molar refractivity (Wildman–Crippen MR) is 122 cm³/mol. The number of esters is 1. The summed E-state index contributed by atoms with van der Waals surface area (Å²) < 4.78 is 6.23. The minimum atomic E-state index is -0.518. The molecule has 3 aromatic rings. The molecule has 0 unspecified atom stereocenters. The van der Waals surface area contributed by atoms with E-state index in [0.717, 1.165) is 5.56 Å². The third-order valence-corrected chi connectivity index (χ3v) is 4.64. The summed E-state index contributed by atoms with van der Waals surface area (Å²) in [5.74, 6) is -0.748. The number of carbonyl (C=O) groups excluding carboxylic acids is 3. The highest BCUT2D eigenvalue weighted by Gasteiger charge is 2.14. The van der Waals surface area contributed by atoms with Crippen LogP contribution in [-0.4, -0.2) is 34.7 Å². The lowest BCUT2D eigenvalue weighted by atomic mass is 10.1. The van der Waals surface area contributed by atoms with E-state index in [0.29, 0.717) is 22.8 Å². The Kier molecular flexibility index (Phi) is 6.65. The van der Waals surface area contributed by atoms with Crippen LogP contribution < -0.4 is 10.6 Å². The second-order valence-corrected chi connectivity index (χ2v) is 6.83. The first-order valence-electron chi connectivity index (χ1n) is 9.59. The highest BCUT2D eigenvalue weighted by atomic mass is 16.5. The minimum absolute atomic E-state index is 0.274. The maximum Gasteiger partial charge on any atom is 0.337 e. The zero-order valence-corrected chi connectivity index (χ0v) is 17.7. The third kappa shape index (κ3) is 4.99. The Morgan fingerprint density at radius 3 is 2.38 bits per heavy atom. The van der Waals surface area contributed by atoms with Crippen molar-refractivity contribution in [2.75, 3.05) is 17.7 Å². The number of methoxy groups -OCH3 is 1. The van der Waals surface area contributed by atoms with E-state index in [-0.39, 0.29) is 23.0 Å². The van der Waals surface area contributed by atoms with Gasteiger partial charge in [-0.2, -0.15) is 5.10 Å². The van der Waals surface area contributed by atoms with Crippen molar-refractivity contribution in [1.29, 1.82) is 0 Å². The third-order valence-electron chi connectivity index (χ3n) is 4.64. The average molecular weight is 430 g/mol. The smallest absolute Gasteiger partial charge is 0.337 e. The largest absolute Gasteiger partial charge is 0.465 e. The van der Waals surface area contributed by atoms with E-state index < -0.39 is 5.97 Å². The number of amides is 2. The number of hydrogen-bond donors (Lipinski definition) is 2. The van der Waals surface area contributed by atoms with Gasteiger partial charge in [-0.15, -0.1) is 0 Å². The van der Waals surface area contributed by atoms with Gasteiger partial charge in [-0.1, -0.05) is 37.4 Å². The molecule has 0 fully saturated rings. The Balaban J connectivity index is 1.74. The number of ether oxygens (including phenoxy) is 1. The molecule has 0 saturated heterocycles. The van der Waals surface area contributed by atoms with Crippen LogP contribution in [0.1, 0.15) is 20.7 Å². The first-order chi connectivity index (χ1) is 15.3. The summed E-state index contributed by atoms with van der Waals surface area (Å²) in [6.07, 6.45) is 1.39. The Bertz CT molecular complexity index is 1210. The van der Waals surface area contributed by atoms with E-state index in [1.165, 1.54) is 19.3 Å². The molecule has 8 nitrogen and oxygen atoms in total. The molecule has 0 aliphatic carbocycles. The molecule has 2 N–H and O–H groups in total. The Morgan fingerprint density at radius 1 is 1.03 bits per heavy atom. The second kappa shape index (κ2) is 9.57. The Labute approximate surface area is 185 Å². The molecule has 1 aromatic heterocycles. The molecular weight excluding hydrogens is 408 g/mol. The molecule has 1 heterocycles. The molecule has 0 saturated carbocycles. The fourth-order valence-corrected chi connectivity index (χ4v) is 2.85. The van der Waals surface area contributed by atoms with Gasteiger partial charge >= 0.3 is 5.97 Å². The van der Waals surface area contributed by atoms with Crippen LogP contribution in [0.5, 0.6) is 0 Å². The summed E-state index contributed by atoms with van der Waals surface area (Å²) in [6.45, 7) is 7.13. The van der Waals surface area contributed by atoms with E-state index in [9.17, 15) is 14.4 Å². The molecular formula is C24H22N4O4. The molecule has 0 radical (unpaired) electrons. The van der Waals surface area contributed by atoms with Gasteiger partial charge in [-0.3, -0.25) is 14.3 Å². The molecule has 0 atom stereocenters. The first kappa shape index (κ1) is 22.2. The number of rotatable bonds is 7. The van der Waals surface area contributed by atoms with Crippen molar-refractivity contribution in [3.05, 3.63) is 90.5 Å². The van der Waals surface area contributed by atoms with Crippen molar-refractivity contribution in [1.82, 2.24) is 9.78 Å². The lowest BCUT2D eigenvalue weighted by molar-refractivity contribution is -0.112. The van der Waals surface area contributed by atoms with Crippen LogP contribution in [0.3, 0.4) is 0 Å². The van der Waals surface area contributed by atoms with Gasteiger partial charge in [0.1, 0.15) is 5.82 Å². The minimum Gasteiger partial charge on any atom is -0.465 e. The number of carbonyl (C=O) groups is 3. The lowest BCUT2D eigenvalue weighted by Gasteiger charge is -2.06. The van der Waals surface area contributed by atoms with Gasteiger partial charge in [0, 0.05) is 35.5 Å². The van der Waals surface area contributed by atoms with Crippen LogP contribution in [-0.2, 0) is 16.6 Å². The molecule has 0 spiro atoms. The number of hydrogen-bond acceptors (Lipinski definition) is 5. The zero-order chi connectivity index (χ0) is 23.3. The maximum absolute atomic E-state index is 12.6. The van der Waals surface area contributed by atoms with Gasteiger partial charge in [0.15, 0.2) is 0 Å². The highest BCUT2D eigenvalue weighted by molar-refractivity contribution is 6.06. The Hall–Kier alpha value is -4.46. The molecule has 32 heavy (non-hydrogen) atoms. The maximum atomic E-state index is 12.6. The van der Waals surface area contributed by atoms with Crippen molar-refractivity contribution >= 4 is 29.3 Å². The summed E-state index contributed by atoms with van der Waals surface area (Å²) in [7, 11) is 2.99. The molecule has 2 aromatic carbocycles. The van der Waals surface area contributed by atoms with Crippen LogP contribution in [0.2, 0.25) is 0 Å². The van der Waals surface area contributed by atoms with Crippen molar-refractivity contribution in [3.8, 4) is 11.3 Å². The van der Waals surface area contributed by atoms with E-state index in [2.05, 4.69) is 28.9 Å². The molecule has 8 heteroatoms. The van der Waals surface area contributed by atoms with Gasteiger partial charge in [0.25, 0.3) is 11.8 Å². The summed E-state index contributed by atoms with van der Waals surface area (Å²) in [6, 6.07) is 15.1. The summed E-state index contributed by atoms with van der Waals surface area (Å²) in [5.41, 5.74) is 2.92. The van der Waals surface area contributed by atoms with Crippen LogP contribution in [0.4, 0.5) is 11.5 Å². The normalized spacial score (nSPS) is 10.2. The van der Waals surface area contributed by atoms with Crippen LogP contribution in [0.25, 0.3) is 11.3 Å². The molecule has 0 aliphatic heterocycles. The van der Waals surface area contributed by atoms with E-state index in [1.54, 1.807) is 60.3 Å². The fourth-order valence-electron chi connectivity index (χ4n) is 2.85. The van der Waals surface area contributed by atoms with Gasteiger partial charge in [-0.05, 0) is 30.3 Å².